The van der Waals surface area contributed by atoms with Crippen LogP contribution in [0.4, 0.5) is 4.79 Å². The number of hydrogen-bond acceptors (Lipinski definition) is 2. The van der Waals surface area contributed by atoms with Crippen molar-refractivity contribution in [1.29, 1.82) is 0 Å². The SMILES string of the molecule is CC(C(=O)O)C1CN(C(=O)NC2CC2(C)C)C1. The van der Waals surface area contributed by atoms with Crippen LogP contribution in [0.15, 0.2) is 0 Å². The summed E-state index contributed by atoms with van der Waals surface area (Å²) in [6.07, 6.45) is 1.03. The minimum atomic E-state index is -0.779. The van der Waals surface area contributed by atoms with Crippen molar-refractivity contribution < 1.29 is 14.7 Å². The van der Waals surface area contributed by atoms with Crippen LogP contribution in [-0.2, 0) is 4.79 Å². The van der Waals surface area contributed by atoms with Crippen molar-refractivity contribution in [3.8, 4) is 0 Å². The molecule has 2 unspecified atom stereocenters. The van der Waals surface area contributed by atoms with E-state index in [1.54, 1.807) is 11.8 Å². The molecule has 0 aromatic rings. The summed E-state index contributed by atoms with van der Waals surface area (Å²) in [5.74, 6) is -1.04. The fourth-order valence-corrected chi connectivity index (χ4v) is 2.15. The van der Waals surface area contributed by atoms with E-state index in [1.807, 2.05) is 0 Å². The molecule has 1 heterocycles. The monoisotopic (exact) mass is 240 g/mol. The molecule has 2 rings (SSSR count). The summed E-state index contributed by atoms with van der Waals surface area (Å²) < 4.78 is 0. The zero-order chi connectivity index (χ0) is 12.8. The van der Waals surface area contributed by atoms with Gasteiger partial charge in [-0.05, 0) is 11.8 Å². The maximum Gasteiger partial charge on any atom is 0.317 e. The van der Waals surface area contributed by atoms with E-state index >= 15 is 0 Å². The Bertz CT molecular complexity index is 348. The number of rotatable bonds is 3. The standard InChI is InChI=1S/C12H20N2O3/c1-7(10(15)16)8-5-14(6-8)11(17)13-9-4-12(9,2)3/h7-9H,4-6H2,1-3H3,(H,13,17)(H,15,16). The molecule has 0 spiro atoms. The van der Waals surface area contributed by atoms with Gasteiger partial charge >= 0.3 is 12.0 Å². The van der Waals surface area contributed by atoms with Gasteiger partial charge in [-0.25, -0.2) is 4.79 Å². The highest BCUT2D eigenvalue weighted by atomic mass is 16.4. The number of carboxylic acid groups (broad SMARTS) is 1. The Balaban J connectivity index is 1.73. The molecule has 0 radical (unpaired) electrons. The molecule has 0 aromatic carbocycles. The van der Waals surface area contributed by atoms with Crippen molar-refractivity contribution in [1.82, 2.24) is 10.2 Å². The summed E-state index contributed by atoms with van der Waals surface area (Å²) in [5, 5.41) is 11.8. The summed E-state index contributed by atoms with van der Waals surface area (Å²) in [7, 11) is 0. The molecule has 2 amide bonds. The smallest absolute Gasteiger partial charge is 0.317 e. The lowest BCUT2D eigenvalue weighted by atomic mass is 9.87. The van der Waals surface area contributed by atoms with Crippen LogP contribution in [0.5, 0.6) is 0 Å². The van der Waals surface area contributed by atoms with E-state index in [0.29, 0.717) is 13.1 Å². The van der Waals surface area contributed by atoms with Crippen LogP contribution in [0.2, 0.25) is 0 Å². The molecule has 2 aliphatic rings. The van der Waals surface area contributed by atoms with Gasteiger partial charge < -0.3 is 15.3 Å². The summed E-state index contributed by atoms with van der Waals surface area (Å²) in [4.78, 5) is 24.2. The van der Waals surface area contributed by atoms with Crippen molar-refractivity contribution >= 4 is 12.0 Å². The van der Waals surface area contributed by atoms with E-state index in [9.17, 15) is 9.59 Å². The summed E-state index contributed by atoms with van der Waals surface area (Å²) in [6, 6.07) is 0.236. The second-order valence-electron chi connectivity index (χ2n) is 5.99. The number of aliphatic carboxylic acids is 1. The molecule has 0 bridgehead atoms. The molecule has 5 heteroatoms. The van der Waals surface area contributed by atoms with Crippen LogP contribution >= 0.6 is 0 Å². The average molecular weight is 240 g/mol. The number of likely N-dealkylation sites (tertiary alicyclic amines) is 1. The number of carbonyl (C=O) groups excluding carboxylic acids is 1. The fourth-order valence-electron chi connectivity index (χ4n) is 2.15. The van der Waals surface area contributed by atoms with E-state index in [4.69, 9.17) is 5.11 Å². The average Bonchev–Trinajstić information content (AvgIpc) is 2.70. The number of amides is 2. The minimum Gasteiger partial charge on any atom is -0.481 e. The molecular formula is C12H20N2O3. The zero-order valence-corrected chi connectivity index (χ0v) is 10.6. The summed E-state index contributed by atoms with van der Waals surface area (Å²) in [5.41, 5.74) is 0.230. The second kappa shape index (κ2) is 3.89. The number of carboxylic acids is 1. The van der Waals surface area contributed by atoms with Crippen LogP contribution < -0.4 is 5.32 Å². The van der Waals surface area contributed by atoms with E-state index < -0.39 is 5.97 Å². The van der Waals surface area contributed by atoms with Gasteiger partial charge in [0.25, 0.3) is 0 Å². The second-order valence-corrected chi connectivity index (χ2v) is 5.99. The molecule has 0 aromatic heterocycles. The van der Waals surface area contributed by atoms with Crippen LogP contribution in [0.3, 0.4) is 0 Å². The Morgan fingerprint density at radius 1 is 1.41 bits per heavy atom. The molecule has 1 aliphatic carbocycles. The highest BCUT2D eigenvalue weighted by Crippen LogP contribution is 2.44. The highest BCUT2D eigenvalue weighted by Gasteiger charge is 2.48. The van der Waals surface area contributed by atoms with E-state index in [1.165, 1.54) is 0 Å². The lowest BCUT2D eigenvalue weighted by Crippen LogP contribution is -2.57. The van der Waals surface area contributed by atoms with Gasteiger partial charge in [0.2, 0.25) is 0 Å². The number of carbonyl (C=O) groups is 2. The first kappa shape index (κ1) is 12.2. The van der Waals surface area contributed by atoms with Crippen molar-refractivity contribution in [3.63, 3.8) is 0 Å². The Morgan fingerprint density at radius 2 is 1.94 bits per heavy atom. The Labute approximate surface area is 101 Å². The molecular weight excluding hydrogens is 220 g/mol. The fraction of sp³-hybridized carbons (Fsp3) is 0.833. The van der Waals surface area contributed by atoms with Gasteiger partial charge in [-0.1, -0.05) is 20.8 Å². The van der Waals surface area contributed by atoms with E-state index in [-0.39, 0.29) is 29.3 Å². The van der Waals surface area contributed by atoms with E-state index in [0.717, 1.165) is 6.42 Å². The molecule has 2 atom stereocenters. The minimum absolute atomic E-state index is 0.0468. The molecule has 1 aliphatic heterocycles. The van der Waals surface area contributed by atoms with Gasteiger partial charge in [-0.2, -0.15) is 0 Å². The van der Waals surface area contributed by atoms with Gasteiger partial charge in [0, 0.05) is 25.0 Å². The molecule has 2 fully saturated rings. The van der Waals surface area contributed by atoms with Crippen LogP contribution in [0.1, 0.15) is 27.2 Å². The van der Waals surface area contributed by atoms with Crippen molar-refractivity contribution in [2.24, 2.45) is 17.3 Å². The van der Waals surface area contributed by atoms with Crippen LogP contribution in [0, 0.1) is 17.3 Å². The topological polar surface area (TPSA) is 69.6 Å². The lowest BCUT2D eigenvalue weighted by molar-refractivity contribution is -0.144. The number of nitrogens with zero attached hydrogens (tertiary/aromatic N) is 1. The van der Waals surface area contributed by atoms with Crippen molar-refractivity contribution in [3.05, 3.63) is 0 Å². The quantitative estimate of drug-likeness (QED) is 0.777. The first-order valence-corrected chi connectivity index (χ1v) is 6.09. The highest BCUT2D eigenvalue weighted by molar-refractivity contribution is 5.77. The summed E-state index contributed by atoms with van der Waals surface area (Å²) in [6.45, 7) is 7.08. The number of urea groups is 1. The van der Waals surface area contributed by atoms with Crippen LogP contribution in [-0.4, -0.2) is 41.1 Å². The Morgan fingerprint density at radius 3 is 2.35 bits per heavy atom. The predicted octanol–water partition coefficient (Wildman–Crippen LogP) is 1.15. The maximum atomic E-state index is 11.8. The predicted molar refractivity (Wildman–Crippen MR) is 62.6 cm³/mol. The molecule has 2 N–H and O–H groups in total. The van der Waals surface area contributed by atoms with Crippen molar-refractivity contribution in [2.45, 2.75) is 33.2 Å². The summed E-state index contributed by atoms with van der Waals surface area (Å²) >= 11 is 0. The third-order valence-corrected chi connectivity index (χ3v) is 4.10. The third-order valence-electron chi connectivity index (χ3n) is 4.10. The van der Waals surface area contributed by atoms with Gasteiger partial charge in [0.05, 0.1) is 5.92 Å². The molecule has 1 saturated carbocycles. The first-order chi connectivity index (χ1) is 7.81. The number of nitrogens with one attached hydrogen (secondary N) is 1. The van der Waals surface area contributed by atoms with Gasteiger partial charge in [-0.3, -0.25) is 4.79 Å². The number of hydrogen-bond donors (Lipinski definition) is 2. The molecule has 5 nitrogen and oxygen atoms in total. The largest absolute Gasteiger partial charge is 0.481 e. The van der Waals surface area contributed by atoms with Crippen LogP contribution in [0.25, 0.3) is 0 Å². The maximum absolute atomic E-state index is 11.8. The van der Waals surface area contributed by atoms with Gasteiger partial charge in [-0.15, -0.1) is 0 Å². The van der Waals surface area contributed by atoms with E-state index in [2.05, 4.69) is 19.2 Å². The third kappa shape index (κ3) is 2.37. The molecule has 1 saturated heterocycles. The van der Waals surface area contributed by atoms with Gasteiger partial charge in [0.15, 0.2) is 0 Å². The molecule has 17 heavy (non-hydrogen) atoms. The molecule has 96 valence electrons. The zero-order valence-electron chi connectivity index (χ0n) is 10.6. The first-order valence-electron chi connectivity index (χ1n) is 6.09. The Kier molecular flexibility index (Phi) is 2.79. The normalized spacial score (nSPS) is 28.2. The Hall–Kier alpha value is -1.26. The van der Waals surface area contributed by atoms with Gasteiger partial charge in [0.1, 0.15) is 0 Å². The lowest BCUT2D eigenvalue weighted by Gasteiger charge is -2.41. The van der Waals surface area contributed by atoms with Crippen molar-refractivity contribution in [2.75, 3.05) is 13.1 Å².